The summed E-state index contributed by atoms with van der Waals surface area (Å²) in [4.78, 5) is 0. The van der Waals surface area contributed by atoms with Gasteiger partial charge in [-0.3, -0.25) is 0 Å². The molecule has 0 nitrogen and oxygen atoms in total. The minimum Gasteiger partial charge on any atom is -0.104 e. The molecule has 0 saturated carbocycles. The SMILES string of the molecule is C=CCB(CC=C)/C(CC=C)=C(/C)[Si](C)(C)C. The van der Waals surface area contributed by atoms with E-state index in [1.165, 1.54) is 0 Å². The summed E-state index contributed by atoms with van der Waals surface area (Å²) in [7, 11) is -1.22. The van der Waals surface area contributed by atoms with Crippen molar-refractivity contribution in [3.8, 4) is 0 Å². The zero-order chi connectivity index (χ0) is 13.5. The zero-order valence-corrected chi connectivity index (χ0v) is 13.1. The molecule has 0 aliphatic rings. The molecule has 0 rings (SSSR count). The molecule has 17 heavy (non-hydrogen) atoms. The van der Waals surface area contributed by atoms with Crippen LogP contribution in [0.2, 0.25) is 32.3 Å². The fraction of sp³-hybridized carbons (Fsp3) is 0.467. The van der Waals surface area contributed by atoms with Crippen LogP contribution in [-0.4, -0.2) is 14.8 Å². The number of rotatable bonds is 8. The van der Waals surface area contributed by atoms with Gasteiger partial charge in [-0.2, -0.15) is 0 Å². The average Bonchev–Trinajstić information content (AvgIpc) is 2.23. The van der Waals surface area contributed by atoms with Gasteiger partial charge in [-0.05, 0) is 13.3 Å². The lowest BCUT2D eigenvalue weighted by molar-refractivity contribution is 1.26. The predicted octanol–water partition coefficient (Wildman–Crippen LogP) is 5.16. The largest absolute Gasteiger partial charge is 0.177 e. The molecule has 0 amide bonds. The summed E-state index contributed by atoms with van der Waals surface area (Å²) in [6.07, 6.45) is 9.15. The Bertz CT molecular complexity index is 297. The quantitative estimate of drug-likeness (QED) is 0.410. The molecule has 0 saturated heterocycles. The second-order valence-corrected chi connectivity index (χ2v) is 10.9. The van der Waals surface area contributed by atoms with Gasteiger partial charge in [-0.1, -0.05) is 55.7 Å². The molecule has 0 bridgehead atoms. The van der Waals surface area contributed by atoms with Crippen LogP contribution in [0.5, 0.6) is 0 Å². The molecule has 0 fully saturated rings. The van der Waals surface area contributed by atoms with Gasteiger partial charge >= 0.3 is 0 Å². The molecule has 94 valence electrons. The van der Waals surface area contributed by atoms with Crippen molar-refractivity contribution in [3.63, 3.8) is 0 Å². The summed E-state index contributed by atoms with van der Waals surface area (Å²) in [5, 5.41) is 1.62. The van der Waals surface area contributed by atoms with Crippen LogP contribution in [-0.2, 0) is 0 Å². The first-order valence-corrected chi connectivity index (χ1v) is 9.91. The van der Waals surface area contributed by atoms with Crippen LogP contribution in [0.3, 0.4) is 0 Å². The molecule has 0 aromatic rings. The molecule has 0 spiro atoms. The van der Waals surface area contributed by atoms with E-state index in [9.17, 15) is 0 Å². The molecule has 0 atom stereocenters. The molecule has 0 radical (unpaired) electrons. The van der Waals surface area contributed by atoms with Crippen LogP contribution < -0.4 is 0 Å². The smallest absolute Gasteiger partial charge is 0.104 e. The number of hydrogen-bond donors (Lipinski definition) is 0. The summed E-state index contributed by atoms with van der Waals surface area (Å²) >= 11 is 0. The molecule has 2 heteroatoms. The summed E-state index contributed by atoms with van der Waals surface area (Å²) < 4.78 is 0. The third-order valence-corrected chi connectivity index (χ3v) is 5.94. The highest BCUT2D eigenvalue weighted by atomic mass is 28.3. The van der Waals surface area contributed by atoms with E-state index in [-0.39, 0.29) is 0 Å². The Balaban J connectivity index is 5.35. The molecule has 0 aromatic heterocycles. The lowest BCUT2D eigenvalue weighted by Crippen LogP contribution is -2.28. The van der Waals surface area contributed by atoms with Crippen LogP contribution in [0.15, 0.2) is 48.6 Å². The van der Waals surface area contributed by atoms with Gasteiger partial charge in [0.25, 0.3) is 0 Å². The normalized spacial score (nSPS) is 12.7. The van der Waals surface area contributed by atoms with Gasteiger partial charge < -0.3 is 0 Å². The van der Waals surface area contributed by atoms with Crippen LogP contribution in [0.4, 0.5) is 0 Å². The van der Waals surface area contributed by atoms with E-state index in [1.54, 1.807) is 10.7 Å². The molecule has 0 aliphatic carbocycles. The van der Waals surface area contributed by atoms with Crippen molar-refractivity contribution in [3.05, 3.63) is 48.6 Å². The Morgan fingerprint density at radius 1 is 1.00 bits per heavy atom. The van der Waals surface area contributed by atoms with Crippen molar-refractivity contribution in [2.24, 2.45) is 0 Å². The average molecular weight is 246 g/mol. The molecule has 0 unspecified atom stereocenters. The molecular formula is C15H27BSi. The fourth-order valence-electron chi connectivity index (χ4n) is 2.05. The summed E-state index contributed by atoms with van der Waals surface area (Å²) in [6.45, 7) is 21.7. The van der Waals surface area contributed by atoms with Gasteiger partial charge in [-0.15, -0.1) is 25.2 Å². The first kappa shape index (κ1) is 16.2. The van der Waals surface area contributed by atoms with Crippen LogP contribution in [0, 0.1) is 0 Å². The van der Waals surface area contributed by atoms with E-state index in [0.717, 1.165) is 19.1 Å². The zero-order valence-electron chi connectivity index (χ0n) is 12.1. The Morgan fingerprint density at radius 2 is 1.47 bits per heavy atom. The lowest BCUT2D eigenvalue weighted by atomic mass is 9.39. The van der Waals surface area contributed by atoms with Crippen molar-refractivity contribution in [2.75, 3.05) is 0 Å². The van der Waals surface area contributed by atoms with Crippen molar-refractivity contribution < 1.29 is 0 Å². The molecular weight excluding hydrogens is 219 g/mol. The first-order valence-electron chi connectivity index (χ1n) is 6.41. The first-order chi connectivity index (χ1) is 7.88. The minimum absolute atomic E-state index is 0.565. The Labute approximate surface area is 109 Å². The summed E-state index contributed by atoms with van der Waals surface area (Å²) in [5.74, 6) is 0. The highest BCUT2D eigenvalue weighted by Crippen LogP contribution is 2.26. The standard InChI is InChI=1S/C15H27BSi/c1-8-11-15(14(4)17(5,6)7)16(12-9-2)13-10-3/h8-10H,1-3,11-13H2,4-7H3/b15-14-. The Kier molecular flexibility index (Phi) is 7.21. The maximum Gasteiger partial charge on any atom is 0.177 e. The van der Waals surface area contributed by atoms with Crippen LogP contribution in [0.1, 0.15) is 13.3 Å². The summed E-state index contributed by atoms with van der Waals surface area (Å²) in [6, 6.07) is 0. The maximum atomic E-state index is 3.90. The molecule has 0 heterocycles. The van der Waals surface area contributed by atoms with Crippen molar-refractivity contribution in [2.45, 2.75) is 45.6 Å². The Morgan fingerprint density at radius 3 is 1.76 bits per heavy atom. The third kappa shape index (κ3) is 5.40. The molecule has 0 aromatic carbocycles. The van der Waals surface area contributed by atoms with E-state index >= 15 is 0 Å². The van der Waals surface area contributed by atoms with Crippen molar-refractivity contribution in [1.82, 2.24) is 0 Å². The topological polar surface area (TPSA) is 0 Å². The van der Waals surface area contributed by atoms with Crippen LogP contribution >= 0.6 is 0 Å². The molecule has 0 aliphatic heterocycles. The number of hydrogen-bond acceptors (Lipinski definition) is 0. The number of allylic oxidation sites excluding steroid dienone is 5. The van der Waals surface area contributed by atoms with Gasteiger partial charge in [0.2, 0.25) is 0 Å². The highest BCUT2D eigenvalue weighted by Gasteiger charge is 2.24. The van der Waals surface area contributed by atoms with Gasteiger partial charge in [0, 0.05) is 0 Å². The fourth-order valence-corrected chi connectivity index (χ4v) is 3.32. The van der Waals surface area contributed by atoms with E-state index in [1.807, 2.05) is 18.2 Å². The van der Waals surface area contributed by atoms with Crippen LogP contribution in [0.25, 0.3) is 0 Å². The monoisotopic (exact) mass is 246 g/mol. The second kappa shape index (κ2) is 7.55. The van der Waals surface area contributed by atoms with E-state index < -0.39 is 8.07 Å². The second-order valence-electron chi connectivity index (χ2n) is 5.64. The van der Waals surface area contributed by atoms with Crippen molar-refractivity contribution in [1.29, 1.82) is 0 Å². The van der Waals surface area contributed by atoms with E-state index in [2.05, 4.69) is 46.3 Å². The van der Waals surface area contributed by atoms with Gasteiger partial charge in [-0.25, -0.2) is 0 Å². The van der Waals surface area contributed by atoms with Crippen molar-refractivity contribution >= 4 is 14.8 Å². The van der Waals surface area contributed by atoms with E-state index in [4.69, 9.17) is 0 Å². The summed E-state index contributed by atoms with van der Waals surface area (Å²) in [5.41, 5.74) is 1.57. The van der Waals surface area contributed by atoms with Gasteiger partial charge in [0.05, 0.1) is 8.07 Å². The van der Waals surface area contributed by atoms with Gasteiger partial charge in [0.1, 0.15) is 0 Å². The van der Waals surface area contributed by atoms with Gasteiger partial charge in [0.15, 0.2) is 6.71 Å². The predicted molar refractivity (Wildman–Crippen MR) is 86.6 cm³/mol. The highest BCUT2D eigenvalue weighted by molar-refractivity contribution is 6.85. The molecule has 0 N–H and O–H groups in total. The lowest BCUT2D eigenvalue weighted by Gasteiger charge is -2.25. The maximum absolute atomic E-state index is 3.90. The third-order valence-electron chi connectivity index (χ3n) is 3.37. The van der Waals surface area contributed by atoms with E-state index in [0.29, 0.717) is 6.71 Å². The Hall–Kier alpha value is -0.758. The minimum atomic E-state index is -1.22.